The van der Waals surface area contributed by atoms with Gasteiger partial charge in [-0.15, -0.1) is 0 Å². The van der Waals surface area contributed by atoms with Gasteiger partial charge in [-0.3, -0.25) is 0 Å². The molecule has 0 saturated carbocycles. The minimum Gasteiger partial charge on any atom is -0.497 e. The van der Waals surface area contributed by atoms with Crippen molar-refractivity contribution in [1.29, 1.82) is 0 Å². The summed E-state index contributed by atoms with van der Waals surface area (Å²) in [5.74, 6) is 1.77. The molecule has 1 N–H and O–H groups in total. The fraction of sp³-hybridized carbons (Fsp3) is 0.389. The van der Waals surface area contributed by atoms with E-state index in [2.05, 4.69) is 35.1 Å². The van der Waals surface area contributed by atoms with Gasteiger partial charge in [0, 0.05) is 25.2 Å². The summed E-state index contributed by atoms with van der Waals surface area (Å²) in [5, 5.41) is 4.03. The van der Waals surface area contributed by atoms with Gasteiger partial charge in [0.2, 0.25) is 0 Å². The second-order valence-corrected chi connectivity index (χ2v) is 6.88. The zero-order chi connectivity index (χ0) is 16.4. The first kappa shape index (κ1) is 16.1. The second kappa shape index (κ2) is 6.38. The largest absolute Gasteiger partial charge is 0.497 e. The predicted octanol–water partition coefficient (Wildman–Crippen LogP) is 3.60. The van der Waals surface area contributed by atoms with Gasteiger partial charge < -0.3 is 15.0 Å². The Labute approximate surface area is 142 Å². The standard InChI is InChI=1S/C18H22ClN3O/c1-18(2)12-22(9-8-20-18)17-11-14(10-16(19)21-17)13-4-6-15(23-3)7-5-13/h4-7,10-11,20H,8-9,12H2,1-3H3. The van der Waals surface area contributed by atoms with Crippen LogP contribution >= 0.6 is 11.6 Å². The van der Waals surface area contributed by atoms with Crippen molar-refractivity contribution in [2.45, 2.75) is 19.4 Å². The second-order valence-electron chi connectivity index (χ2n) is 6.50. The molecule has 0 atom stereocenters. The highest BCUT2D eigenvalue weighted by Crippen LogP contribution is 2.29. The fourth-order valence-electron chi connectivity index (χ4n) is 2.93. The minimum absolute atomic E-state index is 0.0719. The van der Waals surface area contributed by atoms with Gasteiger partial charge in [0.1, 0.15) is 16.7 Å². The first-order chi connectivity index (χ1) is 11.0. The quantitative estimate of drug-likeness (QED) is 0.872. The Morgan fingerprint density at radius 2 is 1.91 bits per heavy atom. The predicted molar refractivity (Wildman–Crippen MR) is 95.5 cm³/mol. The maximum Gasteiger partial charge on any atom is 0.132 e. The van der Waals surface area contributed by atoms with Crippen LogP contribution in [0, 0.1) is 0 Å². The van der Waals surface area contributed by atoms with Gasteiger partial charge in [-0.25, -0.2) is 4.98 Å². The van der Waals surface area contributed by atoms with Crippen LogP contribution in [0.3, 0.4) is 0 Å². The number of nitrogens with zero attached hydrogens (tertiary/aromatic N) is 2. The zero-order valence-electron chi connectivity index (χ0n) is 13.8. The highest BCUT2D eigenvalue weighted by molar-refractivity contribution is 6.29. The van der Waals surface area contributed by atoms with E-state index >= 15 is 0 Å². The molecule has 3 rings (SSSR count). The molecule has 0 aliphatic carbocycles. The van der Waals surface area contributed by atoms with Crippen LogP contribution in [0.1, 0.15) is 13.8 Å². The number of nitrogens with one attached hydrogen (secondary N) is 1. The molecule has 122 valence electrons. The first-order valence-electron chi connectivity index (χ1n) is 7.79. The minimum atomic E-state index is 0.0719. The van der Waals surface area contributed by atoms with Crippen molar-refractivity contribution in [3.05, 3.63) is 41.6 Å². The lowest BCUT2D eigenvalue weighted by atomic mass is 10.0. The number of methoxy groups -OCH3 is 1. The molecule has 2 heterocycles. The van der Waals surface area contributed by atoms with Crippen LogP contribution < -0.4 is 15.0 Å². The number of anilines is 1. The average molecular weight is 332 g/mol. The van der Waals surface area contributed by atoms with E-state index in [-0.39, 0.29) is 5.54 Å². The molecule has 1 fully saturated rings. The first-order valence-corrected chi connectivity index (χ1v) is 8.17. The van der Waals surface area contributed by atoms with Crippen LogP contribution in [0.4, 0.5) is 5.82 Å². The molecule has 1 saturated heterocycles. The van der Waals surface area contributed by atoms with Crippen LogP contribution in [0.15, 0.2) is 36.4 Å². The van der Waals surface area contributed by atoms with Crippen molar-refractivity contribution in [2.24, 2.45) is 0 Å². The summed E-state index contributed by atoms with van der Waals surface area (Å²) in [6.07, 6.45) is 0. The van der Waals surface area contributed by atoms with E-state index in [9.17, 15) is 0 Å². The SMILES string of the molecule is COc1ccc(-c2cc(Cl)nc(N3CCNC(C)(C)C3)c2)cc1. The Hall–Kier alpha value is -1.78. The van der Waals surface area contributed by atoms with Crippen LogP contribution in [-0.2, 0) is 0 Å². The van der Waals surface area contributed by atoms with Crippen LogP contribution in [0.5, 0.6) is 5.75 Å². The number of hydrogen-bond donors (Lipinski definition) is 1. The van der Waals surface area contributed by atoms with E-state index in [0.717, 1.165) is 42.3 Å². The van der Waals surface area contributed by atoms with Gasteiger partial charge in [-0.2, -0.15) is 0 Å². The molecule has 0 amide bonds. The highest BCUT2D eigenvalue weighted by Gasteiger charge is 2.26. The molecule has 4 nitrogen and oxygen atoms in total. The summed E-state index contributed by atoms with van der Waals surface area (Å²) in [4.78, 5) is 6.81. The molecule has 0 bridgehead atoms. The molecule has 2 aromatic rings. The molecule has 1 aromatic heterocycles. The van der Waals surface area contributed by atoms with Crippen molar-refractivity contribution in [2.75, 3.05) is 31.6 Å². The fourth-order valence-corrected chi connectivity index (χ4v) is 3.14. The van der Waals surface area contributed by atoms with Gasteiger partial charge >= 0.3 is 0 Å². The van der Waals surface area contributed by atoms with Gasteiger partial charge in [-0.1, -0.05) is 23.7 Å². The van der Waals surface area contributed by atoms with Gasteiger partial charge in [0.25, 0.3) is 0 Å². The lowest BCUT2D eigenvalue weighted by molar-refractivity contribution is 0.352. The van der Waals surface area contributed by atoms with Crippen molar-refractivity contribution >= 4 is 17.4 Å². The zero-order valence-corrected chi connectivity index (χ0v) is 14.5. The molecule has 5 heteroatoms. The van der Waals surface area contributed by atoms with Gasteiger partial charge in [-0.05, 0) is 49.2 Å². The topological polar surface area (TPSA) is 37.4 Å². The summed E-state index contributed by atoms with van der Waals surface area (Å²) in [7, 11) is 1.67. The third-order valence-corrected chi connectivity index (χ3v) is 4.29. The van der Waals surface area contributed by atoms with Crippen molar-refractivity contribution in [3.8, 4) is 16.9 Å². The number of pyridine rings is 1. The van der Waals surface area contributed by atoms with E-state index < -0.39 is 0 Å². The number of benzene rings is 1. The molecule has 0 radical (unpaired) electrons. The van der Waals surface area contributed by atoms with Crippen molar-refractivity contribution < 1.29 is 4.74 Å². The van der Waals surface area contributed by atoms with E-state index in [0.29, 0.717) is 5.15 Å². The van der Waals surface area contributed by atoms with Crippen molar-refractivity contribution in [3.63, 3.8) is 0 Å². The molecule has 0 unspecified atom stereocenters. The Bertz CT molecular complexity index is 685. The molecule has 1 aliphatic rings. The lowest BCUT2D eigenvalue weighted by Gasteiger charge is -2.39. The van der Waals surface area contributed by atoms with Crippen LogP contribution in [-0.4, -0.2) is 37.3 Å². The van der Waals surface area contributed by atoms with E-state index in [1.165, 1.54) is 0 Å². The summed E-state index contributed by atoms with van der Waals surface area (Å²) >= 11 is 6.27. The van der Waals surface area contributed by atoms with E-state index in [4.69, 9.17) is 16.3 Å². The summed E-state index contributed by atoms with van der Waals surface area (Å²) < 4.78 is 5.22. The average Bonchev–Trinajstić information content (AvgIpc) is 2.53. The third-order valence-electron chi connectivity index (χ3n) is 4.10. The highest BCUT2D eigenvalue weighted by atomic mass is 35.5. The lowest BCUT2D eigenvalue weighted by Crippen LogP contribution is -2.57. The van der Waals surface area contributed by atoms with Crippen LogP contribution in [0.2, 0.25) is 5.15 Å². The molecule has 0 spiro atoms. The number of aromatic nitrogens is 1. The summed E-state index contributed by atoms with van der Waals surface area (Å²) in [6.45, 7) is 7.18. The number of halogens is 1. The Balaban J connectivity index is 1.92. The van der Waals surface area contributed by atoms with Crippen molar-refractivity contribution in [1.82, 2.24) is 10.3 Å². The monoisotopic (exact) mass is 331 g/mol. The Morgan fingerprint density at radius 3 is 2.57 bits per heavy atom. The number of piperazine rings is 1. The maximum absolute atomic E-state index is 6.27. The molecular formula is C18H22ClN3O. The summed E-state index contributed by atoms with van der Waals surface area (Å²) in [6, 6.07) is 12.0. The normalized spacial score (nSPS) is 17.1. The molecule has 23 heavy (non-hydrogen) atoms. The number of ether oxygens (including phenoxy) is 1. The van der Waals surface area contributed by atoms with E-state index in [1.54, 1.807) is 7.11 Å². The van der Waals surface area contributed by atoms with Crippen LogP contribution in [0.25, 0.3) is 11.1 Å². The number of rotatable bonds is 3. The summed E-state index contributed by atoms with van der Waals surface area (Å²) in [5.41, 5.74) is 2.24. The Kier molecular flexibility index (Phi) is 4.46. The third kappa shape index (κ3) is 3.77. The molecular weight excluding hydrogens is 310 g/mol. The number of hydrogen-bond acceptors (Lipinski definition) is 4. The maximum atomic E-state index is 6.27. The Morgan fingerprint density at radius 1 is 1.17 bits per heavy atom. The molecule has 1 aliphatic heterocycles. The van der Waals surface area contributed by atoms with Gasteiger partial charge in [0.05, 0.1) is 7.11 Å². The van der Waals surface area contributed by atoms with Gasteiger partial charge in [0.15, 0.2) is 0 Å². The smallest absolute Gasteiger partial charge is 0.132 e. The van der Waals surface area contributed by atoms with E-state index in [1.807, 2.05) is 30.3 Å². The molecule has 1 aromatic carbocycles.